The molecule has 0 fully saturated rings. The topological polar surface area (TPSA) is 21.7 Å². The van der Waals surface area contributed by atoms with Crippen molar-refractivity contribution in [1.82, 2.24) is 9.78 Å². The molecule has 0 unspecified atom stereocenters. The molecular formula is C17H24BrCl2N3. The molecule has 2 aromatic rings. The third-order valence-electron chi connectivity index (χ3n) is 3.75. The van der Waals surface area contributed by atoms with Crippen molar-refractivity contribution in [1.29, 1.82) is 0 Å². The Morgan fingerprint density at radius 2 is 1.83 bits per heavy atom. The number of aryl methyl sites for hydroxylation is 1. The Morgan fingerprint density at radius 1 is 1.09 bits per heavy atom. The zero-order chi connectivity index (χ0) is 15.8. The van der Waals surface area contributed by atoms with Gasteiger partial charge in [-0.15, -0.1) is 4.68 Å². The summed E-state index contributed by atoms with van der Waals surface area (Å²) in [6.45, 7) is 3.94. The van der Waals surface area contributed by atoms with Gasteiger partial charge in [0.05, 0.1) is 6.54 Å². The van der Waals surface area contributed by atoms with Gasteiger partial charge in [-0.3, -0.25) is 0 Å². The van der Waals surface area contributed by atoms with E-state index in [9.17, 15) is 0 Å². The molecule has 0 aliphatic carbocycles. The fourth-order valence-corrected chi connectivity index (χ4v) is 2.93. The van der Waals surface area contributed by atoms with Crippen LogP contribution in [0.2, 0.25) is 10.0 Å². The molecule has 23 heavy (non-hydrogen) atoms. The summed E-state index contributed by atoms with van der Waals surface area (Å²) in [7, 11) is 0. The molecule has 0 saturated carbocycles. The number of rotatable bonds is 9. The number of benzene rings is 1. The van der Waals surface area contributed by atoms with E-state index in [1.165, 1.54) is 38.5 Å². The molecule has 2 rings (SSSR count). The van der Waals surface area contributed by atoms with Crippen LogP contribution >= 0.6 is 23.2 Å². The van der Waals surface area contributed by atoms with Gasteiger partial charge in [-0.2, -0.15) is 0 Å². The Labute approximate surface area is 159 Å². The fraction of sp³-hybridized carbons (Fsp3) is 0.529. The second kappa shape index (κ2) is 11.1. The highest BCUT2D eigenvalue weighted by Crippen LogP contribution is 2.21. The normalized spacial score (nSPS) is 10.6. The van der Waals surface area contributed by atoms with Gasteiger partial charge in [-0.25, -0.2) is 4.57 Å². The molecule has 3 nitrogen and oxygen atoms in total. The second-order valence-corrected chi connectivity index (χ2v) is 6.53. The molecule has 128 valence electrons. The standard InChI is InChI=1S/C17H24Cl2N3.BrH/c1-2-3-4-5-6-7-10-21-13-20-22(14-21)12-15-8-9-16(18)11-17(15)19;/h8-9,11,13-14H,2-7,10,12H2,1H3;1H/q+1;/p-1. The largest absolute Gasteiger partial charge is 1.00 e. The van der Waals surface area contributed by atoms with Crippen molar-refractivity contribution < 1.29 is 21.5 Å². The lowest BCUT2D eigenvalue weighted by Gasteiger charge is -2.01. The van der Waals surface area contributed by atoms with E-state index in [2.05, 4.69) is 16.6 Å². The molecule has 0 spiro atoms. The van der Waals surface area contributed by atoms with Crippen LogP contribution in [0.5, 0.6) is 0 Å². The van der Waals surface area contributed by atoms with Gasteiger partial charge < -0.3 is 17.0 Å². The lowest BCUT2D eigenvalue weighted by molar-refractivity contribution is -0.698. The van der Waals surface area contributed by atoms with Crippen LogP contribution in [0, 0.1) is 0 Å². The SMILES string of the molecule is CCCCCCCC[n+]1cnn(Cc2ccc(Cl)cc2Cl)c1.[Br-]. The number of hydrogen-bond donors (Lipinski definition) is 0. The minimum Gasteiger partial charge on any atom is -1.00 e. The Morgan fingerprint density at radius 3 is 2.57 bits per heavy atom. The molecule has 0 aliphatic heterocycles. The van der Waals surface area contributed by atoms with Gasteiger partial charge in [-0.05, 0) is 18.6 Å². The second-order valence-electron chi connectivity index (χ2n) is 5.69. The molecule has 1 aromatic heterocycles. The van der Waals surface area contributed by atoms with Crippen LogP contribution in [0.3, 0.4) is 0 Å². The molecule has 0 atom stereocenters. The van der Waals surface area contributed by atoms with Gasteiger partial charge in [0.25, 0.3) is 6.33 Å². The lowest BCUT2D eigenvalue weighted by atomic mass is 10.1. The van der Waals surface area contributed by atoms with Crippen molar-refractivity contribution >= 4 is 23.2 Å². The predicted octanol–water partition coefficient (Wildman–Crippen LogP) is 1.89. The lowest BCUT2D eigenvalue weighted by Crippen LogP contribution is -3.00. The molecule has 1 heterocycles. The molecule has 0 amide bonds. The van der Waals surface area contributed by atoms with Crippen LogP contribution in [0.4, 0.5) is 0 Å². The van der Waals surface area contributed by atoms with Crippen molar-refractivity contribution in [3.8, 4) is 0 Å². The molecule has 0 saturated heterocycles. The molecule has 0 aliphatic rings. The Kier molecular flexibility index (Phi) is 9.84. The number of nitrogens with zero attached hydrogens (tertiary/aromatic N) is 3. The zero-order valence-electron chi connectivity index (χ0n) is 13.5. The first-order valence-corrected chi connectivity index (χ1v) is 8.80. The van der Waals surface area contributed by atoms with E-state index in [0.29, 0.717) is 16.6 Å². The highest BCUT2D eigenvalue weighted by molar-refractivity contribution is 6.35. The third kappa shape index (κ3) is 7.23. The minimum absolute atomic E-state index is 0. The maximum atomic E-state index is 6.20. The highest BCUT2D eigenvalue weighted by atomic mass is 79.9. The molecule has 0 bridgehead atoms. The Balaban J connectivity index is 0.00000264. The Bertz CT molecular complexity index is 587. The third-order valence-corrected chi connectivity index (χ3v) is 4.33. The molecular weight excluding hydrogens is 397 g/mol. The first-order chi connectivity index (χ1) is 10.7. The van der Waals surface area contributed by atoms with Crippen molar-refractivity contribution in [3.05, 3.63) is 46.5 Å². The van der Waals surface area contributed by atoms with E-state index in [1.807, 2.05) is 29.5 Å². The van der Waals surface area contributed by atoms with E-state index < -0.39 is 0 Å². The van der Waals surface area contributed by atoms with Crippen LogP contribution < -0.4 is 21.5 Å². The van der Waals surface area contributed by atoms with Gasteiger partial charge >= 0.3 is 0 Å². The van der Waals surface area contributed by atoms with Gasteiger partial charge in [-0.1, -0.05) is 68.3 Å². The monoisotopic (exact) mass is 419 g/mol. The van der Waals surface area contributed by atoms with Crippen LogP contribution in [0.25, 0.3) is 0 Å². The summed E-state index contributed by atoms with van der Waals surface area (Å²) in [6, 6.07) is 5.58. The first kappa shape index (κ1) is 20.5. The summed E-state index contributed by atoms with van der Waals surface area (Å²) in [5.74, 6) is 0. The summed E-state index contributed by atoms with van der Waals surface area (Å²) in [6.07, 6.45) is 11.8. The van der Waals surface area contributed by atoms with Crippen molar-refractivity contribution in [3.63, 3.8) is 0 Å². The van der Waals surface area contributed by atoms with E-state index >= 15 is 0 Å². The summed E-state index contributed by atoms with van der Waals surface area (Å²) >= 11 is 12.1. The summed E-state index contributed by atoms with van der Waals surface area (Å²) in [4.78, 5) is 0. The first-order valence-electron chi connectivity index (χ1n) is 8.04. The van der Waals surface area contributed by atoms with Crippen LogP contribution in [-0.4, -0.2) is 9.78 Å². The van der Waals surface area contributed by atoms with Crippen molar-refractivity contribution in [2.24, 2.45) is 0 Å². The summed E-state index contributed by atoms with van der Waals surface area (Å²) in [5.41, 5.74) is 1.03. The number of unbranched alkanes of at least 4 members (excludes halogenated alkanes) is 5. The average molecular weight is 421 g/mol. The zero-order valence-corrected chi connectivity index (χ0v) is 16.6. The number of halogens is 3. The van der Waals surface area contributed by atoms with Gasteiger partial charge in [0.15, 0.2) is 0 Å². The van der Waals surface area contributed by atoms with Crippen LogP contribution in [0.1, 0.15) is 51.0 Å². The van der Waals surface area contributed by atoms with Crippen molar-refractivity contribution in [2.45, 2.75) is 58.5 Å². The van der Waals surface area contributed by atoms with E-state index in [1.54, 1.807) is 6.07 Å². The van der Waals surface area contributed by atoms with Crippen molar-refractivity contribution in [2.75, 3.05) is 0 Å². The molecule has 0 radical (unpaired) electrons. The Hall–Kier alpha value is -0.580. The summed E-state index contributed by atoms with van der Waals surface area (Å²) < 4.78 is 4.05. The molecule has 0 N–H and O–H groups in total. The smallest absolute Gasteiger partial charge is 0.265 e. The number of aromatic nitrogens is 3. The minimum atomic E-state index is 0. The maximum absolute atomic E-state index is 6.20. The quantitative estimate of drug-likeness (QED) is 0.448. The molecule has 6 heteroatoms. The maximum Gasteiger partial charge on any atom is 0.265 e. The fourth-order valence-electron chi connectivity index (χ4n) is 2.46. The average Bonchev–Trinajstić information content (AvgIpc) is 2.93. The molecule has 1 aromatic carbocycles. The summed E-state index contributed by atoms with van der Waals surface area (Å²) in [5, 5.41) is 5.74. The van der Waals surface area contributed by atoms with E-state index in [4.69, 9.17) is 23.2 Å². The predicted molar refractivity (Wildman–Crippen MR) is 91.4 cm³/mol. The van der Waals surface area contributed by atoms with Gasteiger partial charge in [0, 0.05) is 20.7 Å². The van der Waals surface area contributed by atoms with Crippen LogP contribution in [-0.2, 0) is 13.1 Å². The van der Waals surface area contributed by atoms with E-state index in [-0.39, 0.29) is 17.0 Å². The van der Waals surface area contributed by atoms with Gasteiger partial charge in [0.2, 0.25) is 6.33 Å². The number of hydrogen-bond acceptors (Lipinski definition) is 1. The van der Waals surface area contributed by atoms with Gasteiger partial charge in [0.1, 0.15) is 6.54 Å². The highest BCUT2D eigenvalue weighted by Gasteiger charge is 2.09. The van der Waals surface area contributed by atoms with E-state index in [0.717, 1.165) is 12.1 Å². The van der Waals surface area contributed by atoms with Crippen LogP contribution in [0.15, 0.2) is 30.9 Å².